The lowest BCUT2D eigenvalue weighted by atomic mass is 10.0. The van der Waals surface area contributed by atoms with Crippen molar-refractivity contribution in [1.29, 1.82) is 0 Å². The van der Waals surface area contributed by atoms with Crippen LogP contribution in [-0.2, 0) is 9.53 Å². The largest absolute Gasteiger partial charge is 0.490 e. The summed E-state index contributed by atoms with van der Waals surface area (Å²) in [4.78, 5) is 14.6. The molecule has 0 aromatic heterocycles. The lowest BCUT2D eigenvalue weighted by molar-refractivity contribution is -0.116. The van der Waals surface area contributed by atoms with E-state index in [2.05, 4.69) is 28.8 Å². The molecule has 0 aliphatic carbocycles. The maximum atomic E-state index is 12.5. The number of halogens is 2. The average Bonchev–Trinajstić information content (AvgIpc) is 2.68. The van der Waals surface area contributed by atoms with Crippen molar-refractivity contribution in [2.24, 2.45) is 5.92 Å². The Morgan fingerprint density at radius 2 is 2.00 bits per heavy atom. The number of hydrogen-bond donors (Lipinski definition) is 1. The first-order valence-electron chi connectivity index (χ1n) is 9.90. The molecule has 1 heterocycles. The first-order chi connectivity index (χ1) is 13.9. The summed E-state index contributed by atoms with van der Waals surface area (Å²) in [6, 6.07) is 4.80. The molecule has 1 atom stereocenters. The van der Waals surface area contributed by atoms with E-state index >= 15 is 0 Å². The van der Waals surface area contributed by atoms with Crippen LogP contribution in [0.2, 0.25) is 0 Å². The van der Waals surface area contributed by atoms with Gasteiger partial charge in [-0.2, -0.15) is 8.78 Å². The highest BCUT2D eigenvalue weighted by atomic mass is 19.3. The van der Waals surface area contributed by atoms with Crippen LogP contribution >= 0.6 is 0 Å². The summed E-state index contributed by atoms with van der Waals surface area (Å²) in [5.74, 6) is 0.361. The van der Waals surface area contributed by atoms with Gasteiger partial charge in [0, 0.05) is 31.8 Å². The normalized spacial score (nSPS) is 16.4. The van der Waals surface area contributed by atoms with Crippen LogP contribution in [0.1, 0.15) is 26.3 Å². The number of nitrogens with one attached hydrogen (secondary N) is 1. The van der Waals surface area contributed by atoms with Gasteiger partial charge in [-0.15, -0.1) is 0 Å². The Morgan fingerprint density at radius 3 is 2.62 bits per heavy atom. The SMILES string of the molecule is CCOc1cc(/C=C/C(=O)NCC(C(C)C)N2CCOCC2)ccc1OC(F)F. The number of amides is 1. The molecule has 1 fully saturated rings. The van der Waals surface area contributed by atoms with E-state index in [0.29, 0.717) is 37.8 Å². The van der Waals surface area contributed by atoms with Gasteiger partial charge in [0.1, 0.15) is 0 Å². The molecule has 1 N–H and O–H groups in total. The third kappa shape index (κ3) is 7.62. The van der Waals surface area contributed by atoms with Crippen molar-refractivity contribution >= 4 is 12.0 Å². The molecule has 1 saturated heterocycles. The minimum atomic E-state index is -2.93. The molecule has 0 saturated carbocycles. The standard InChI is InChI=1S/C21H30F2N2O4/c1-4-28-19-13-16(5-7-18(19)29-21(22)23)6-8-20(26)24-14-17(15(2)3)25-9-11-27-12-10-25/h5-8,13,15,17,21H,4,9-12,14H2,1-3H3,(H,24,26)/b8-6+. The zero-order valence-corrected chi connectivity index (χ0v) is 17.2. The fourth-order valence-corrected chi connectivity index (χ4v) is 3.22. The van der Waals surface area contributed by atoms with Crippen LogP contribution in [0.3, 0.4) is 0 Å². The van der Waals surface area contributed by atoms with Crippen molar-refractivity contribution in [3.8, 4) is 11.5 Å². The quantitative estimate of drug-likeness (QED) is 0.598. The summed E-state index contributed by atoms with van der Waals surface area (Å²) < 4.78 is 40.2. The highest BCUT2D eigenvalue weighted by Gasteiger charge is 2.23. The Labute approximate surface area is 170 Å². The van der Waals surface area contributed by atoms with Crippen LogP contribution in [0.25, 0.3) is 6.08 Å². The van der Waals surface area contributed by atoms with Crippen molar-refractivity contribution in [3.63, 3.8) is 0 Å². The van der Waals surface area contributed by atoms with E-state index < -0.39 is 6.61 Å². The predicted molar refractivity (Wildman–Crippen MR) is 107 cm³/mol. The van der Waals surface area contributed by atoms with Gasteiger partial charge in [0.15, 0.2) is 11.5 Å². The Bertz CT molecular complexity index is 677. The molecule has 0 radical (unpaired) electrons. The highest BCUT2D eigenvalue weighted by molar-refractivity contribution is 5.91. The van der Waals surface area contributed by atoms with Crippen LogP contribution in [0.5, 0.6) is 11.5 Å². The van der Waals surface area contributed by atoms with Gasteiger partial charge >= 0.3 is 6.61 Å². The van der Waals surface area contributed by atoms with Gasteiger partial charge in [-0.1, -0.05) is 19.9 Å². The molecule has 29 heavy (non-hydrogen) atoms. The lowest BCUT2D eigenvalue weighted by Crippen LogP contribution is -2.51. The minimum absolute atomic E-state index is 0.0336. The molecule has 1 aliphatic rings. The summed E-state index contributed by atoms with van der Waals surface area (Å²) in [5.41, 5.74) is 0.652. The van der Waals surface area contributed by atoms with Gasteiger partial charge in [0.2, 0.25) is 5.91 Å². The number of alkyl halides is 2. The highest BCUT2D eigenvalue weighted by Crippen LogP contribution is 2.30. The molecule has 1 aromatic rings. The fourth-order valence-electron chi connectivity index (χ4n) is 3.22. The molecular formula is C21H30F2N2O4. The zero-order chi connectivity index (χ0) is 21.2. The number of hydrogen-bond acceptors (Lipinski definition) is 5. The molecule has 0 spiro atoms. The molecule has 1 aliphatic heterocycles. The van der Waals surface area contributed by atoms with Crippen LogP contribution in [0.15, 0.2) is 24.3 Å². The molecule has 0 bridgehead atoms. The Morgan fingerprint density at radius 1 is 1.28 bits per heavy atom. The summed E-state index contributed by atoms with van der Waals surface area (Å²) in [6.07, 6.45) is 3.04. The molecule has 2 rings (SSSR count). The maximum Gasteiger partial charge on any atom is 0.387 e. The molecular weight excluding hydrogens is 382 g/mol. The van der Waals surface area contributed by atoms with Gasteiger partial charge < -0.3 is 19.5 Å². The van der Waals surface area contributed by atoms with Gasteiger partial charge in [0.05, 0.1) is 19.8 Å². The summed E-state index contributed by atoms with van der Waals surface area (Å²) in [6.45, 7) is 7.11. The lowest BCUT2D eigenvalue weighted by Gasteiger charge is -2.36. The van der Waals surface area contributed by atoms with Crippen LogP contribution in [-0.4, -0.2) is 62.9 Å². The molecule has 8 heteroatoms. The minimum Gasteiger partial charge on any atom is -0.490 e. The smallest absolute Gasteiger partial charge is 0.387 e. The summed E-state index contributed by atoms with van der Waals surface area (Å²) >= 11 is 0. The number of carbonyl (C=O) groups excluding carboxylic acids is 1. The van der Waals surface area contributed by atoms with Gasteiger partial charge in [-0.3, -0.25) is 9.69 Å². The first-order valence-corrected chi connectivity index (χ1v) is 9.90. The Kier molecular flexibility index (Phi) is 9.34. The number of morpholine rings is 1. The zero-order valence-electron chi connectivity index (χ0n) is 17.2. The number of benzene rings is 1. The number of nitrogens with zero attached hydrogens (tertiary/aromatic N) is 1. The van der Waals surface area contributed by atoms with E-state index in [0.717, 1.165) is 13.1 Å². The van der Waals surface area contributed by atoms with Gasteiger partial charge in [-0.25, -0.2) is 0 Å². The topological polar surface area (TPSA) is 60.0 Å². The number of rotatable bonds is 10. The van der Waals surface area contributed by atoms with Crippen molar-refractivity contribution in [2.75, 3.05) is 39.5 Å². The fraction of sp³-hybridized carbons (Fsp3) is 0.571. The van der Waals surface area contributed by atoms with E-state index in [1.807, 2.05) is 0 Å². The third-order valence-electron chi connectivity index (χ3n) is 4.68. The van der Waals surface area contributed by atoms with Crippen molar-refractivity contribution < 1.29 is 27.8 Å². The third-order valence-corrected chi connectivity index (χ3v) is 4.68. The molecule has 162 valence electrons. The van der Waals surface area contributed by atoms with E-state index in [9.17, 15) is 13.6 Å². The van der Waals surface area contributed by atoms with E-state index in [1.54, 1.807) is 25.1 Å². The number of ether oxygens (including phenoxy) is 3. The van der Waals surface area contributed by atoms with Crippen molar-refractivity contribution in [3.05, 3.63) is 29.8 Å². The summed E-state index contributed by atoms with van der Waals surface area (Å²) in [7, 11) is 0. The van der Waals surface area contributed by atoms with E-state index in [-0.39, 0.29) is 23.4 Å². The summed E-state index contributed by atoms with van der Waals surface area (Å²) in [5, 5.41) is 2.95. The predicted octanol–water partition coefficient (Wildman–Crippen LogP) is 3.17. The second kappa shape index (κ2) is 11.7. The second-order valence-corrected chi connectivity index (χ2v) is 7.06. The van der Waals surface area contributed by atoms with Gasteiger partial charge in [0.25, 0.3) is 0 Å². The number of carbonyl (C=O) groups is 1. The maximum absolute atomic E-state index is 12.5. The average molecular weight is 412 g/mol. The Hall–Kier alpha value is -2.19. The second-order valence-electron chi connectivity index (χ2n) is 7.06. The molecule has 1 amide bonds. The van der Waals surface area contributed by atoms with Crippen molar-refractivity contribution in [1.82, 2.24) is 10.2 Å². The van der Waals surface area contributed by atoms with Crippen LogP contribution in [0, 0.1) is 5.92 Å². The Balaban J connectivity index is 1.95. The van der Waals surface area contributed by atoms with Crippen LogP contribution in [0.4, 0.5) is 8.78 Å². The van der Waals surface area contributed by atoms with E-state index in [1.165, 1.54) is 12.1 Å². The van der Waals surface area contributed by atoms with E-state index in [4.69, 9.17) is 9.47 Å². The molecule has 1 unspecified atom stereocenters. The van der Waals surface area contributed by atoms with Crippen LogP contribution < -0.4 is 14.8 Å². The molecule has 1 aromatic carbocycles. The monoisotopic (exact) mass is 412 g/mol. The first kappa shape index (κ1) is 23.1. The van der Waals surface area contributed by atoms with Gasteiger partial charge in [-0.05, 0) is 36.6 Å². The molecule has 6 nitrogen and oxygen atoms in total. The van der Waals surface area contributed by atoms with Crippen molar-refractivity contribution in [2.45, 2.75) is 33.4 Å².